The molecule has 1 aromatic rings. The van der Waals surface area contributed by atoms with Crippen LogP contribution in [0.5, 0.6) is 11.5 Å². The van der Waals surface area contributed by atoms with E-state index in [0.717, 1.165) is 0 Å². The number of ether oxygens (including phenoxy) is 3. The summed E-state index contributed by atoms with van der Waals surface area (Å²) in [6.45, 7) is 0. The van der Waals surface area contributed by atoms with Crippen LogP contribution in [0.25, 0.3) is 0 Å². The fourth-order valence-corrected chi connectivity index (χ4v) is 1.66. The van der Waals surface area contributed by atoms with Crippen molar-refractivity contribution >= 4 is 5.97 Å². The summed E-state index contributed by atoms with van der Waals surface area (Å²) < 4.78 is 14.7. The van der Waals surface area contributed by atoms with Crippen LogP contribution >= 0.6 is 0 Å². The van der Waals surface area contributed by atoms with E-state index in [1.807, 2.05) is 0 Å². The van der Waals surface area contributed by atoms with Crippen LogP contribution in [0.2, 0.25) is 0 Å². The molecule has 0 radical (unpaired) electrons. The summed E-state index contributed by atoms with van der Waals surface area (Å²) >= 11 is 0. The van der Waals surface area contributed by atoms with Crippen molar-refractivity contribution in [3.63, 3.8) is 0 Å². The Kier molecular flexibility index (Phi) is 2.58. The number of nitrogens with zero attached hydrogens (tertiary/aromatic N) is 1. The van der Waals surface area contributed by atoms with Crippen molar-refractivity contribution < 1.29 is 23.9 Å². The van der Waals surface area contributed by atoms with Gasteiger partial charge in [0.25, 0.3) is 0 Å². The summed E-state index contributed by atoms with van der Waals surface area (Å²) in [7, 11) is 2.82. The zero-order valence-electron chi connectivity index (χ0n) is 9.13. The first-order valence-corrected chi connectivity index (χ1v) is 4.69. The normalized spacial score (nSPS) is 17.3. The second-order valence-electron chi connectivity index (χ2n) is 3.34. The number of rotatable bonds is 3. The Hall–Kier alpha value is -2.31. The lowest BCUT2D eigenvalue weighted by Gasteiger charge is -2.08. The molecule has 1 aromatic carbocycles. The Morgan fingerprint density at radius 2 is 1.88 bits per heavy atom. The van der Waals surface area contributed by atoms with Gasteiger partial charge in [0.1, 0.15) is 0 Å². The zero-order valence-corrected chi connectivity index (χ0v) is 9.13. The van der Waals surface area contributed by atoms with Gasteiger partial charge in [0, 0.05) is 0 Å². The van der Waals surface area contributed by atoms with E-state index in [0.29, 0.717) is 11.5 Å². The molecule has 1 aliphatic rings. The number of carbonyl (C=O) groups is 1. The van der Waals surface area contributed by atoms with Gasteiger partial charge in [-0.1, -0.05) is 0 Å². The number of methoxy groups -OCH3 is 2. The number of nitro groups is 1. The van der Waals surface area contributed by atoms with E-state index in [1.165, 1.54) is 26.4 Å². The van der Waals surface area contributed by atoms with Crippen molar-refractivity contribution in [2.75, 3.05) is 14.2 Å². The first kappa shape index (κ1) is 11.2. The smallest absolute Gasteiger partial charge is 0.384 e. The van der Waals surface area contributed by atoms with Crippen LogP contribution in [0, 0.1) is 10.1 Å². The SMILES string of the molecule is COc1cc2c(cc1OC)[C@H]([N+](=O)[O-])OC2=O. The molecule has 2 rings (SSSR count). The predicted octanol–water partition coefficient (Wildman–Crippen LogP) is 1.15. The minimum atomic E-state index is -1.47. The zero-order chi connectivity index (χ0) is 12.6. The van der Waals surface area contributed by atoms with Gasteiger partial charge in [-0.15, -0.1) is 0 Å². The summed E-state index contributed by atoms with van der Waals surface area (Å²) in [5.41, 5.74) is 0.307. The van der Waals surface area contributed by atoms with E-state index in [9.17, 15) is 14.9 Å². The van der Waals surface area contributed by atoms with Crippen LogP contribution in [0.15, 0.2) is 12.1 Å². The van der Waals surface area contributed by atoms with Gasteiger partial charge in [-0.3, -0.25) is 10.1 Å². The average molecular weight is 239 g/mol. The Labute approximate surface area is 96.0 Å². The minimum absolute atomic E-state index is 0.129. The van der Waals surface area contributed by atoms with Gasteiger partial charge in [0.05, 0.1) is 30.3 Å². The lowest BCUT2D eigenvalue weighted by molar-refractivity contribution is -0.572. The first-order valence-electron chi connectivity index (χ1n) is 4.69. The maximum absolute atomic E-state index is 11.4. The Morgan fingerprint density at radius 1 is 1.29 bits per heavy atom. The molecule has 0 aromatic heterocycles. The minimum Gasteiger partial charge on any atom is -0.493 e. The van der Waals surface area contributed by atoms with E-state index in [4.69, 9.17) is 9.47 Å². The van der Waals surface area contributed by atoms with Gasteiger partial charge in [-0.2, -0.15) is 0 Å². The number of benzene rings is 1. The Balaban J connectivity index is 2.58. The van der Waals surface area contributed by atoms with E-state index >= 15 is 0 Å². The van der Waals surface area contributed by atoms with Gasteiger partial charge >= 0.3 is 12.2 Å². The second kappa shape index (κ2) is 3.93. The van der Waals surface area contributed by atoms with Gasteiger partial charge < -0.3 is 14.2 Å². The van der Waals surface area contributed by atoms with Crippen molar-refractivity contribution in [1.29, 1.82) is 0 Å². The van der Waals surface area contributed by atoms with Gasteiger partial charge in [-0.25, -0.2) is 4.79 Å². The van der Waals surface area contributed by atoms with Gasteiger partial charge in [0.15, 0.2) is 11.5 Å². The van der Waals surface area contributed by atoms with Crippen LogP contribution in [0.1, 0.15) is 22.1 Å². The van der Waals surface area contributed by atoms with Crippen LogP contribution in [0.3, 0.4) is 0 Å². The largest absolute Gasteiger partial charge is 0.493 e. The van der Waals surface area contributed by atoms with Gasteiger partial charge in [0.2, 0.25) is 0 Å². The Bertz CT molecular complexity index is 498. The lowest BCUT2D eigenvalue weighted by Crippen LogP contribution is -2.09. The van der Waals surface area contributed by atoms with Crippen molar-refractivity contribution in [2.45, 2.75) is 6.23 Å². The lowest BCUT2D eigenvalue weighted by atomic mass is 10.1. The molecular weight excluding hydrogens is 230 g/mol. The maximum atomic E-state index is 11.4. The molecule has 1 atom stereocenters. The molecular formula is C10H9NO6. The molecule has 0 spiro atoms. The molecule has 0 fully saturated rings. The topological polar surface area (TPSA) is 87.9 Å². The summed E-state index contributed by atoms with van der Waals surface area (Å²) in [5.74, 6) is -0.0914. The van der Waals surface area contributed by atoms with E-state index in [-0.39, 0.29) is 11.1 Å². The predicted molar refractivity (Wildman–Crippen MR) is 54.7 cm³/mol. The molecule has 1 heterocycles. The summed E-state index contributed by atoms with van der Waals surface area (Å²) in [5, 5.41) is 10.7. The summed E-state index contributed by atoms with van der Waals surface area (Å²) in [6.07, 6.45) is -1.47. The molecule has 17 heavy (non-hydrogen) atoms. The number of hydrogen-bond donors (Lipinski definition) is 0. The van der Waals surface area contributed by atoms with Crippen molar-refractivity contribution in [3.05, 3.63) is 33.4 Å². The Morgan fingerprint density at radius 3 is 2.41 bits per heavy atom. The molecule has 7 heteroatoms. The molecule has 90 valence electrons. The van der Waals surface area contributed by atoms with Gasteiger partial charge in [-0.05, 0) is 12.1 Å². The maximum Gasteiger partial charge on any atom is 0.384 e. The third kappa shape index (κ3) is 1.65. The average Bonchev–Trinajstić information content (AvgIpc) is 2.64. The molecule has 0 unspecified atom stereocenters. The standard InChI is InChI=1S/C10H9NO6/c1-15-7-3-5-6(4-8(7)16-2)10(12)17-9(5)11(13)14/h3-4,9H,1-2H3/t9-/m1/s1. The number of fused-ring (bicyclic) bond motifs is 1. The molecule has 7 nitrogen and oxygen atoms in total. The highest BCUT2D eigenvalue weighted by Gasteiger charge is 2.40. The number of esters is 1. The molecule has 0 N–H and O–H groups in total. The molecule has 0 aliphatic carbocycles. The molecule has 1 aliphatic heterocycles. The summed E-state index contributed by atoms with van der Waals surface area (Å²) in [6, 6.07) is 2.76. The molecule has 0 bridgehead atoms. The van der Waals surface area contributed by atoms with Crippen molar-refractivity contribution in [2.24, 2.45) is 0 Å². The van der Waals surface area contributed by atoms with Crippen LogP contribution < -0.4 is 9.47 Å². The van der Waals surface area contributed by atoms with Crippen LogP contribution in [-0.4, -0.2) is 25.1 Å². The number of hydrogen-bond acceptors (Lipinski definition) is 6. The highest BCUT2D eigenvalue weighted by Crippen LogP contribution is 2.38. The fourth-order valence-electron chi connectivity index (χ4n) is 1.66. The summed E-state index contributed by atoms with van der Waals surface area (Å²) in [4.78, 5) is 21.5. The van der Waals surface area contributed by atoms with Crippen molar-refractivity contribution in [3.8, 4) is 11.5 Å². The quantitative estimate of drug-likeness (QED) is 0.446. The third-order valence-corrected chi connectivity index (χ3v) is 2.45. The van der Waals surface area contributed by atoms with Crippen molar-refractivity contribution in [1.82, 2.24) is 0 Å². The fraction of sp³-hybridized carbons (Fsp3) is 0.300. The second-order valence-corrected chi connectivity index (χ2v) is 3.34. The van der Waals surface area contributed by atoms with E-state index in [1.54, 1.807) is 0 Å². The van der Waals surface area contributed by atoms with E-state index < -0.39 is 17.1 Å². The molecule has 0 amide bonds. The first-order chi connectivity index (χ1) is 8.08. The molecule has 0 saturated carbocycles. The third-order valence-electron chi connectivity index (χ3n) is 2.45. The number of cyclic esters (lactones) is 1. The highest BCUT2D eigenvalue weighted by molar-refractivity contribution is 5.94. The number of carbonyl (C=O) groups excluding carboxylic acids is 1. The highest BCUT2D eigenvalue weighted by atomic mass is 16.7. The van der Waals surface area contributed by atoms with Crippen LogP contribution in [-0.2, 0) is 4.74 Å². The molecule has 0 saturated heterocycles. The van der Waals surface area contributed by atoms with Crippen LogP contribution in [0.4, 0.5) is 0 Å². The van der Waals surface area contributed by atoms with E-state index in [2.05, 4.69) is 4.74 Å². The monoisotopic (exact) mass is 239 g/mol.